The second-order valence-corrected chi connectivity index (χ2v) is 5.41. The largest absolute Gasteiger partial charge is 0.489 e. The Kier molecular flexibility index (Phi) is 6.23. The third kappa shape index (κ3) is 4.60. The molecular formula is C18H24N2O3. The highest BCUT2D eigenvalue weighted by Crippen LogP contribution is 2.27. The number of benzene rings is 1. The Labute approximate surface area is 137 Å². The lowest BCUT2D eigenvalue weighted by Crippen LogP contribution is -2.53. The van der Waals surface area contributed by atoms with Crippen molar-refractivity contribution in [2.45, 2.75) is 19.5 Å². The van der Waals surface area contributed by atoms with Crippen LogP contribution in [0.25, 0.3) is 0 Å². The van der Waals surface area contributed by atoms with Gasteiger partial charge in [0.25, 0.3) is 0 Å². The standard InChI is InChI=1S/C18H24N2O3/c1-4-10-22-16-7-6-15(17(12-16)23-11-5-2)13-20-9-8-19-18(21)14(20)3/h4-7,12,14H,1-2,8-11,13H2,3H3,(H,19,21). The van der Waals surface area contributed by atoms with E-state index >= 15 is 0 Å². The first-order valence-corrected chi connectivity index (χ1v) is 7.77. The summed E-state index contributed by atoms with van der Waals surface area (Å²) in [7, 11) is 0. The lowest BCUT2D eigenvalue weighted by atomic mass is 10.1. The smallest absolute Gasteiger partial charge is 0.237 e. The molecule has 1 aromatic rings. The van der Waals surface area contributed by atoms with Gasteiger partial charge in [-0.2, -0.15) is 0 Å². The molecule has 2 rings (SSSR count). The van der Waals surface area contributed by atoms with Crippen molar-refractivity contribution in [3.63, 3.8) is 0 Å². The van der Waals surface area contributed by atoms with Crippen molar-refractivity contribution in [1.29, 1.82) is 0 Å². The Balaban J connectivity index is 2.16. The minimum Gasteiger partial charge on any atom is -0.489 e. The summed E-state index contributed by atoms with van der Waals surface area (Å²) < 4.78 is 11.3. The average molecular weight is 316 g/mol. The van der Waals surface area contributed by atoms with Crippen molar-refractivity contribution in [1.82, 2.24) is 10.2 Å². The lowest BCUT2D eigenvalue weighted by molar-refractivity contribution is -0.128. The average Bonchev–Trinajstić information content (AvgIpc) is 2.56. The first kappa shape index (κ1) is 17.1. The Bertz CT molecular complexity index is 571. The lowest BCUT2D eigenvalue weighted by Gasteiger charge is -2.33. The van der Waals surface area contributed by atoms with E-state index in [1.54, 1.807) is 12.2 Å². The highest BCUT2D eigenvalue weighted by molar-refractivity contribution is 5.82. The second kappa shape index (κ2) is 8.39. The molecule has 5 heteroatoms. The number of carbonyl (C=O) groups is 1. The van der Waals surface area contributed by atoms with Gasteiger partial charge in [-0.25, -0.2) is 0 Å². The number of nitrogens with zero attached hydrogens (tertiary/aromatic N) is 1. The molecule has 0 saturated carbocycles. The van der Waals surface area contributed by atoms with E-state index in [9.17, 15) is 4.79 Å². The summed E-state index contributed by atoms with van der Waals surface area (Å²) in [6.07, 6.45) is 3.41. The first-order valence-electron chi connectivity index (χ1n) is 7.77. The third-order valence-electron chi connectivity index (χ3n) is 3.76. The number of ether oxygens (including phenoxy) is 2. The summed E-state index contributed by atoms with van der Waals surface area (Å²) in [4.78, 5) is 13.9. The second-order valence-electron chi connectivity index (χ2n) is 5.41. The van der Waals surface area contributed by atoms with Crippen LogP contribution in [0.4, 0.5) is 0 Å². The van der Waals surface area contributed by atoms with E-state index in [1.165, 1.54) is 0 Å². The molecule has 1 aliphatic rings. The maximum absolute atomic E-state index is 11.8. The number of hydrogen-bond donors (Lipinski definition) is 1. The zero-order valence-corrected chi connectivity index (χ0v) is 13.6. The molecule has 1 unspecified atom stereocenters. The van der Waals surface area contributed by atoms with E-state index in [0.29, 0.717) is 26.3 Å². The van der Waals surface area contributed by atoms with E-state index in [2.05, 4.69) is 23.4 Å². The maximum Gasteiger partial charge on any atom is 0.237 e. The molecule has 1 saturated heterocycles. The Hall–Kier alpha value is -2.27. The predicted octanol–water partition coefficient (Wildman–Crippen LogP) is 2.14. The molecule has 1 atom stereocenters. The van der Waals surface area contributed by atoms with Gasteiger partial charge in [0.2, 0.25) is 5.91 Å². The van der Waals surface area contributed by atoms with Gasteiger partial charge >= 0.3 is 0 Å². The van der Waals surface area contributed by atoms with Gasteiger partial charge in [-0.3, -0.25) is 9.69 Å². The summed E-state index contributed by atoms with van der Waals surface area (Å²) in [5.41, 5.74) is 1.03. The van der Waals surface area contributed by atoms with Crippen molar-refractivity contribution in [2.24, 2.45) is 0 Å². The number of piperazine rings is 1. The fourth-order valence-electron chi connectivity index (χ4n) is 2.46. The van der Waals surface area contributed by atoms with Gasteiger partial charge in [-0.1, -0.05) is 31.4 Å². The normalized spacial score (nSPS) is 18.1. The molecule has 0 aliphatic carbocycles. The quantitative estimate of drug-likeness (QED) is 0.747. The number of amides is 1. The number of hydrogen-bond acceptors (Lipinski definition) is 4. The fourth-order valence-corrected chi connectivity index (χ4v) is 2.46. The molecule has 124 valence electrons. The maximum atomic E-state index is 11.8. The van der Waals surface area contributed by atoms with E-state index < -0.39 is 0 Å². The summed E-state index contributed by atoms with van der Waals surface area (Å²) in [5, 5.41) is 2.87. The monoisotopic (exact) mass is 316 g/mol. The SMILES string of the molecule is C=CCOc1ccc(CN2CCNC(=O)C2C)c(OCC=C)c1. The third-order valence-corrected chi connectivity index (χ3v) is 3.76. The minimum atomic E-state index is -0.146. The van der Waals surface area contributed by atoms with E-state index in [0.717, 1.165) is 23.6 Å². The molecule has 23 heavy (non-hydrogen) atoms. The number of carbonyl (C=O) groups excluding carboxylic acids is 1. The van der Waals surface area contributed by atoms with Crippen LogP contribution in [-0.4, -0.2) is 43.2 Å². The molecule has 1 heterocycles. The zero-order valence-electron chi connectivity index (χ0n) is 13.6. The van der Waals surface area contributed by atoms with Crippen molar-refractivity contribution >= 4 is 5.91 Å². The highest BCUT2D eigenvalue weighted by atomic mass is 16.5. The molecule has 0 aromatic heterocycles. The van der Waals surface area contributed by atoms with Crippen LogP contribution in [0.5, 0.6) is 11.5 Å². The molecule has 0 spiro atoms. The molecule has 1 N–H and O–H groups in total. The number of rotatable bonds is 8. The molecule has 1 aliphatic heterocycles. The van der Waals surface area contributed by atoms with E-state index in [-0.39, 0.29) is 11.9 Å². The molecule has 1 fully saturated rings. The Morgan fingerprint density at radius 2 is 2.04 bits per heavy atom. The van der Waals surface area contributed by atoms with Crippen LogP contribution in [-0.2, 0) is 11.3 Å². The van der Waals surface area contributed by atoms with Crippen LogP contribution >= 0.6 is 0 Å². The van der Waals surface area contributed by atoms with Crippen LogP contribution in [0.15, 0.2) is 43.5 Å². The van der Waals surface area contributed by atoms with Crippen LogP contribution < -0.4 is 14.8 Å². The molecule has 1 amide bonds. The Morgan fingerprint density at radius 1 is 1.30 bits per heavy atom. The van der Waals surface area contributed by atoms with Crippen molar-refractivity contribution < 1.29 is 14.3 Å². The van der Waals surface area contributed by atoms with Crippen LogP contribution in [0.2, 0.25) is 0 Å². The zero-order chi connectivity index (χ0) is 16.7. The topological polar surface area (TPSA) is 50.8 Å². The van der Waals surface area contributed by atoms with Crippen LogP contribution in [0, 0.1) is 0 Å². The van der Waals surface area contributed by atoms with Gasteiger partial charge in [-0.05, 0) is 13.0 Å². The molecule has 0 radical (unpaired) electrons. The summed E-state index contributed by atoms with van der Waals surface area (Å²) >= 11 is 0. The van der Waals surface area contributed by atoms with E-state index in [4.69, 9.17) is 9.47 Å². The van der Waals surface area contributed by atoms with Gasteiger partial charge < -0.3 is 14.8 Å². The van der Waals surface area contributed by atoms with Gasteiger partial charge in [-0.15, -0.1) is 0 Å². The summed E-state index contributed by atoms with van der Waals surface area (Å²) in [5.74, 6) is 1.55. The van der Waals surface area contributed by atoms with Crippen molar-refractivity contribution in [3.05, 3.63) is 49.1 Å². The first-order chi connectivity index (χ1) is 11.2. The number of nitrogens with one attached hydrogen (secondary N) is 1. The van der Waals surface area contributed by atoms with Crippen molar-refractivity contribution in [2.75, 3.05) is 26.3 Å². The fraction of sp³-hybridized carbons (Fsp3) is 0.389. The van der Waals surface area contributed by atoms with Crippen LogP contribution in [0.1, 0.15) is 12.5 Å². The molecular weight excluding hydrogens is 292 g/mol. The van der Waals surface area contributed by atoms with Crippen LogP contribution in [0.3, 0.4) is 0 Å². The summed E-state index contributed by atoms with van der Waals surface area (Å²) in [6.45, 7) is 12.3. The summed E-state index contributed by atoms with van der Waals surface area (Å²) in [6, 6.07) is 5.62. The Morgan fingerprint density at radius 3 is 2.78 bits per heavy atom. The van der Waals surface area contributed by atoms with Gasteiger partial charge in [0, 0.05) is 31.3 Å². The minimum absolute atomic E-state index is 0.0655. The van der Waals surface area contributed by atoms with Gasteiger partial charge in [0.15, 0.2) is 0 Å². The predicted molar refractivity (Wildman–Crippen MR) is 90.7 cm³/mol. The molecule has 5 nitrogen and oxygen atoms in total. The van der Waals surface area contributed by atoms with Gasteiger partial charge in [0.05, 0.1) is 6.04 Å². The van der Waals surface area contributed by atoms with E-state index in [1.807, 2.05) is 25.1 Å². The highest BCUT2D eigenvalue weighted by Gasteiger charge is 2.26. The molecule has 0 bridgehead atoms. The molecule has 1 aromatic carbocycles. The van der Waals surface area contributed by atoms with Gasteiger partial charge in [0.1, 0.15) is 24.7 Å². The van der Waals surface area contributed by atoms with Crippen molar-refractivity contribution in [3.8, 4) is 11.5 Å².